The molecule has 0 unspecified atom stereocenters. The highest BCUT2D eigenvalue weighted by Gasteiger charge is 2.41. The van der Waals surface area contributed by atoms with E-state index in [1.165, 1.54) is 0 Å². The number of likely N-dealkylation sites (N-methyl/N-ethyl adjacent to an activating group) is 1. The summed E-state index contributed by atoms with van der Waals surface area (Å²) in [7, 11) is 1.78. The number of rotatable bonds is 2. The minimum Gasteiger partial charge on any atom is -0.374 e. The molecule has 2 aliphatic heterocycles. The number of carbonyl (C=O) groups is 2. The minimum atomic E-state index is -0.146. The number of amides is 2. The zero-order chi connectivity index (χ0) is 17.4. The van der Waals surface area contributed by atoms with Gasteiger partial charge in [-0.1, -0.05) is 6.07 Å². The number of hydrogen-bond acceptors (Lipinski definition) is 5. The fraction of sp³-hybridized carbons (Fsp3) is 0.412. The maximum Gasteiger partial charge on any atom is 0.272 e. The summed E-state index contributed by atoms with van der Waals surface area (Å²) in [4.78, 5) is 32.4. The second-order valence-electron chi connectivity index (χ2n) is 6.32. The van der Waals surface area contributed by atoms with Crippen LogP contribution < -0.4 is 0 Å². The highest BCUT2D eigenvalue weighted by molar-refractivity contribution is 5.93. The van der Waals surface area contributed by atoms with E-state index in [0.29, 0.717) is 43.2 Å². The van der Waals surface area contributed by atoms with Crippen LogP contribution >= 0.6 is 0 Å². The van der Waals surface area contributed by atoms with Crippen LogP contribution in [0.1, 0.15) is 16.9 Å². The van der Waals surface area contributed by atoms with E-state index in [1.54, 1.807) is 29.1 Å². The molecular formula is C17H19N5O3. The number of nitrogens with one attached hydrogen (secondary N) is 1. The van der Waals surface area contributed by atoms with Crippen molar-refractivity contribution >= 4 is 11.8 Å². The maximum absolute atomic E-state index is 12.8. The third kappa shape index (κ3) is 2.89. The Hall–Kier alpha value is -2.74. The topological polar surface area (TPSA) is 91.4 Å². The summed E-state index contributed by atoms with van der Waals surface area (Å²) in [5, 5.41) is 6.97. The van der Waals surface area contributed by atoms with Crippen molar-refractivity contribution in [2.75, 3.05) is 26.7 Å². The molecule has 2 aromatic rings. The summed E-state index contributed by atoms with van der Waals surface area (Å²) in [6.07, 6.45) is 1.94. The van der Waals surface area contributed by atoms with Crippen LogP contribution in [0.2, 0.25) is 0 Å². The molecule has 2 atom stereocenters. The van der Waals surface area contributed by atoms with Gasteiger partial charge in [0, 0.05) is 26.3 Å². The van der Waals surface area contributed by atoms with Gasteiger partial charge in [0.25, 0.3) is 5.91 Å². The van der Waals surface area contributed by atoms with Crippen LogP contribution in [0.25, 0.3) is 11.4 Å². The molecular weight excluding hydrogens is 322 g/mol. The summed E-state index contributed by atoms with van der Waals surface area (Å²) in [5.41, 5.74) is 1.74. The molecule has 1 N–H and O–H groups in total. The molecule has 0 aromatic carbocycles. The lowest BCUT2D eigenvalue weighted by Crippen LogP contribution is -2.43. The lowest BCUT2D eigenvalue weighted by molar-refractivity contribution is -0.131. The zero-order valence-electron chi connectivity index (χ0n) is 13.9. The molecule has 2 aliphatic rings. The Balaban J connectivity index is 1.51. The standard InChI is InChI=1S/C17H19N5O3/c1-21-14-9-22(10-15(14)25-7-5-16(21)23)17(24)13-8-12(19-20-13)11-4-2-3-6-18-11/h2-4,6,8,14-15H,5,7,9-10H2,1H3,(H,19,20)/t14-,15-/m0/s1. The van der Waals surface area contributed by atoms with E-state index in [9.17, 15) is 9.59 Å². The second-order valence-corrected chi connectivity index (χ2v) is 6.32. The average molecular weight is 341 g/mol. The molecule has 0 aliphatic carbocycles. The first-order chi connectivity index (χ1) is 12.1. The van der Waals surface area contributed by atoms with E-state index in [4.69, 9.17) is 4.74 Å². The fourth-order valence-corrected chi connectivity index (χ4v) is 3.36. The van der Waals surface area contributed by atoms with Gasteiger partial charge in [0.2, 0.25) is 5.91 Å². The Morgan fingerprint density at radius 1 is 1.32 bits per heavy atom. The van der Waals surface area contributed by atoms with Crippen LogP contribution in [-0.2, 0) is 9.53 Å². The lowest BCUT2D eigenvalue weighted by Gasteiger charge is -2.24. The van der Waals surface area contributed by atoms with Crippen molar-refractivity contribution in [1.29, 1.82) is 0 Å². The van der Waals surface area contributed by atoms with E-state index < -0.39 is 0 Å². The molecule has 25 heavy (non-hydrogen) atoms. The highest BCUT2D eigenvalue weighted by atomic mass is 16.5. The van der Waals surface area contributed by atoms with Crippen molar-refractivity contribution in [2.24, 2.45) is 0 Å². The Labute approximate surface area is 144 Å². The van der Waals surface area contributed by atoms with Crippen LogP contribution in [0.5, 0.6) is 0 Å². The van der Waals surface area contributed by atoms with Gasteiger partial charge < -0.3 is 14.5 Å². The van der Waals surface area contributed by atoms with Gasteiger partial charge in [-0.25, -0.2) is 0 Å². The SMILES string of the molecule is CN1C(=O)CCO[C@H]2CN(C(=O)c3cc(-c4ccccn4)n[nH]3)C[C@@H]21. The largest absolute Gasteiger partial charge is 0.374 e. The highest BCUT2D eigenvalue weighted by Crippen LogP contribution is 2.24. The van der Waals surface area contributed by atoms with Gasteiger partial charge in [-0.2, -0.15) is 5.10 Å². The number of nitrogens with zero attached hydrogens (tertiary/aromatic N) is 4. The number of aromatic nitrogens is 3. The summed E-state index contributed by atoms with van der Waals surface area (Å²) in [6, 6.07) is 7.14. The van der Waals surface area contributed by atoms with Crippen molar-refractivity contribution < 1.29 is 14.3 Å². The van der Waals surface area contributed by atoms with Gasteiger partial charge in [0.15, 0.2) is 0 Å². The third-order valence-corrected chi connectivity index (χ3v) is 4.80. The van der Waals surface area contributed by atoms with Gasteiger partial charge in [-0.15, -0.1) is 0 Å². The predicted octanol–water partition coefficient (Wildman–Crippen LogP) is 0.543. The summed E-state index contributed by atoms with van der Waals surface area (Å²) in [6.45, 7) is 1.34. The third-order valence-electron chi connectivity index (χ3n) is 4.80. The lowest BCUT2D eigenvalue weighted by atomic mass is 10.2. The van der Waals surface area contributed by atoms with Crippen molar-refractivity contribution in [2.45, 2.75) is 18.6 Å². The first-order valence-electron chi connectivity index (χ1n) is 8.27. The summed E-state index contributed by atoms with van der Waals surface area (Å²) >= 11 is 0. The molecule has 2 amide bonds. The number of H-pyrrole nitrogens is 1. The van der Waals surface area contributed by atoms with Crippen molar-refractivity contribution in [1.82, 2.24) is 25.0 Å². The fourth-order valence-electron chi connectivity index (χ4n) is 3.36. The molecule has 4 heterocycles. The van der Waals surface area contributed by atoms with Crippen LogP contribution in [0.4, 0.5) is 0 Å². The number of carbonyl (C=O) groups excluding carboxylic acids is 2. The minimum absolute atomic E-state index is 0.0563. The smallest absolute Gasteiger partial charge is 0.272 e. The van der Waals surface area contributed by atoms with Crippen molar-refractivity contribution in [3.63, 3.8) is 0 Å². The number of ether oxygens (including phenoxy) is 1. The molecule has 4 rings (SSSR count). The Kier molecular flexibility index (Phi) is 3.96. The van der Waals surface area contributed by atoms with Gasteiger partial charge in [0.05, 0.1) is 30.9 Å². The van der Waals surface area contributed by atoms with E-state index in [1.807, 2.05) is 18.2 Å². The number of fused-ring (bicyclic) bond motifs is 1. The normalized spacial score (nSPS) is 23.5. The van der Waals surface area contributed by atoms with Gasteiger partial charge in [0.1, 0.15) is 11.4 Å². The van der Waals surface area contributed by atoms with Gasteiger partial charge >= 0.3 is 0 Å². The van der Waals surface area contributed by atoms with E-state index >= 15 is 0 Å². The maximum atomic E-state index is 12.8. The molecule has 0 saturated carbocycles. The summed E-state index contributed by atoms with van der Waals surface area (Å²) < 4.78 is 5.77. The van der Waals surface area contributed by atoms with E-state index in [0.717, 1.165) is 0 Å². The number of aromatic amines is 1. The van der Waals surface area contributed by atoms with Crippen LogP contribution in [0.3, 0.4) is 0 Å². The molecule has 130 valence electrons. The number of likely N-dealkylation sites (tertiary alicyclic amines) is 1. The van der Waals surface area contributed by atoms with Gasteiger partial charge in [-0.3, -0.25) is 19.7 Å². The molecule has 0 bridgehead atoms. The van der Waals surface area contributed by atoms with Crippen molar-refractivity contribution in [3.05, 3.63) is 36.2 Å². The van der Waals surface area contributed by atoms with E-state index in [2.05, 4.69) is 15.2 Å². The molecule has 2 saturated heterocycles. The van der Waals surface area contributed by atoms with Crippen LogP contribution in [0.15, 0.2) is 30.5 Å². The predicted molar refractivity (Wildman–Crippen MR) is 88.6 cm³/mol. The first kappa shape index (κ1) is 15.8. The average Bonchev–Trinajstić information content (AvgIpc) is 3.26. The zero-order valence-corrected chi connectivity index (χ0v) is 13.9. The Morgan fingerprint density at radius 2 is 2.20 bits per heavy atom. The molecule has 8 heteroatoms. The second kappa shape index (κ2) is 6.29. The number of pyridine rings is 1. The Morgan fingerprint density at radius 3 is 3.00 bits per heavy atom. The van der Waals surface area contributed by atoms with Gasteiger partial charge in [-0.05, 0) is 18.2 Å². The molecule has 2 fully saturated rings. The van der Waals surface area contributed by atoms with Crippen LogP contribution in [0, 0.1) is 0 Å². The summed E-state index contributed by atoms with van der Waals surface area (Å²) in [5.74, 6) is -0.0898. The number of hydrogen-bond donors (Lipinski definition) is 1. The Bertz CT molecular complexity index is 791. The monoisotopic (exact) mass is 341 g/mol. The van der Waals surface area contributed by atoms with Crippen LogP contribution in [-0.4, -0.2) is 75.7 Å². The van der Waals surface area contributed by atoms with E-state index in [-0.39, 0.29) is 24.0 Å². The molecule has 2 aromatic heterocycles. The first-order valence-corrected chi connectivity index (χ1v) is 8.27. The molecule has 0 spiro atoms. The quantitative estimate of drug-likeness (QED) is 0.861. The van der Waals surface area contributed by atoms with Crippen molar-refractivity contribution in [3.8, 4) is 11.4 Å². The molecule has 8 nitrogen and oxygen atoms in total. The molecule has 0 radical (unpaired) electrons.